The van der Waals surface area contributed by atoms with E-state index >= 15 is 0 Å². The van der Waals surface area contributed by atoms with E-state index in [1.807, 2.05) is 45.0 Å². The Morgan fingerprint density at radius 1 is 1.22 bits per heavy atom. The van der Waals surface area contributed by atoms with Gasteiger partial charge >= 0.3 is 6.09 Å². The second kappa shape index (κ2) is 6.66. The molecule has 6 heteroatoms. The Labute approximate surface area is 144 Å². The molecule has 0 saturated carbocycles. The van der Waals surface area contributed by atoms with Crippen molar-refractivity contribution in [1.29, 1.82) is 0 Å². The summed E-state index contributed by atoms with van der Waals surface area (Å²) in [5.74, 6) is 0.864. The van der Waals surface area contributed by atoms with Crippen LogP contribution in [0.3, 0.4) is 0 Å². The van der Waals surface area contributed by atoms with Gasteiger partial charge in [0.15, 0.2) is 0 Å². The number of benzene rings is 1. The van der Waals surface area contributed by atoms with Gasteiger partial charge in [-0.3, -0.25) is 4.90 Å². The smallest absolute Gasteiger partial charge is 0.408 e. The summed E-state index contributed by atoms with van der Waals surface area (Å²) in [5, 5.41) is 9.76. The van der Waals surface area contributed by atoms with E-state index in [0.29, 0.717) is 11.7 Å². The largest absolute Gasteiger partial charge is 0.468 e. The molecule has 2 aromatic rings. The molecule has 1 heterocycles. The van der Waals surface area contributed by atoms with Gasteiger partial charge in [-0.25, -0.2) is 4.79 Å². The Bertz CT molecular complexity index is 673. The Balaban J connectivity index is 2.58. The van der Waals surface area contributed by atoms with Crippen molar-refractivity contribution < 1.29 is 19.1 Å². The summed E-state index contributed by atoms with van der Waals surface area (Å²) < 4.78 is 11.7. The number of ether oxygens (including phenoxy) is 1. The first kappa shape index (κ1) is 17.4. The second-order valence-electron chi connectivity index (χ2n) is 6.14. The van der Waals surface area contributed by atoms with Gasteiger partial charge < -0.3 is 14.3 Å². The van der Waals surface area contributed by atoms with Gasteiger partial charge in [-0.2, -0.15) is 0 Å². The number of hydrogen-bond acceptors (Lipinski definition) is 3. The number of methoxy groups -OCH3 is 1. The zero-order valence-corrected chi connectivity index (χ0v) is 15.1. The van der Waals surface area contributed by atoms with Crippen LogP contribution in [0.15, 0.2) is 45.3 Å². The lowest BCUT2D eigenvalue weighted by Gasteiger charge is -2.38. The summed E-state index contributed by atoms with van der Waals surface area (Å²) in [6, 6.07) is 10.4. The molecule has 1 unspecified atom stereocenters. The maximum absolute atomic E-state index is 11.9. The van der Waals surface area contributed by atoms with Gasteiger partial charge in [0.1, 0.15) is 11.8 Å². The van der Waals surface area contributed by atoms with Crippen LogP contribution < -0.4 is 4.74 Å². The van der Waals surface area contributed by atoms with Gasteiger partial charge in [0, 0.05) is 16.1 Å². The average molecular weight is 382 g/mol. The number of amides is 1. The molecule has 5 nitrogen and oxygen atoms in total. The van der Waals surface area contributed by atoms with Gasteiger partial charge in [-0.15, -0.1) is 0 Å². The van der Waals surface area contributed by atoms with Crippen molar-refractivity contribution in [3.63, 3.8) is 0 Å². The van der Waals surface area contributed by atoms with Gasteiger partial charge in [0.05, 0.1) is 7.11 Å². The van der Waals surface area contributed by atoms with E-state index in [1.54, 1.807) is 12.1 Å². The van der Waals surface area contributed by atoms with Gasteiger partial charge in [-0.1, -0.05) is 28.1 Å². The number of furan rings is 1. The van der Waals surface area contributed by atoms with Crippen LogP contribution in [0, 0.1) is 0 Å². The van der Waals surface area contributed by atoms with Crippen molar-refractivity contribution in [1.82, 2.24) is 4.90 Å². The van der Waals surface area contributed by atoms with Crippen molar-refractivity contribution in [2.45, 2.75) is 32.4 Å². The highest BCUT2D eigenvalue weighted by Gasteiger charge is 2.37. The maximum atomic E-state index is 11.9. The number of carbonyl (C=O) groups is 1. The lowest BCUT2D eigenvalue weighted by molar-refractivity contribution is 0.0734. The molecule has 1 aromatic carbocycles. The molecule has 124 valence electrons. The van der Waals surface area contributed by atoms with E-state index in [2.05, 4.69) is 15.9 Å². The van der Waals surface area contributed by atoms with E-state index in [0.717, 1.165) is 10.0 Å². The molecule has 0 bridgehead atoms. The minimum atomic E-state index is -1.01. The predicted octanol–water partition coefficient (Wildman–Crippen LogP) is 4.92. The summed E-state index contributed by atoms with van der Waals surface area (Å²) in [5.41, 5.74) is 0.214. The Hall–Kier alpha value is -1.95. The average Bonchev–Trinajstić information content (AvgIpc) is 2.92. The van der Waals surface area contributed by atoms with Crippen molar-refractivity contribution >= 4 is 22.0 Å². The quantitative estimate of drug-likeness (QED) is 0.816. The van der Waals surface area contributed by atoms with Crippen molar-refractivity contribution in [2.24, 2.45) is 0 Å². The molecule has 1 atom stereocenters. The lowest BCUT2D eigenvalue weighted by atomic mass is 9.97. The fourth-order valence-corrected chi connectivity index (χ4v) is 2.73. The van der Waals surface area contributed by atoms with Crippen molar-refractivity contribution in [3.05, 3.63) is 52.2 Å². The molecule has 0 aliphatic rings. The van der Waals surface area contributed by atoms with E-state index in [-0.39, 0.29) is 0 Å². The van der Waals surface area contributed by atoms with E-state index in [9.17, 15) is 9.90 Å². The fourth-order valence-electron chi connectivity index (χ4n) is 2.46. The predicted molar refractivity (Wildman–Crippen MR) is 90.9 cm³/mol. The van der Waals surface area contributed by atoms with Crippen LogP contribution in [-0.4, -0.2) is 28.7 Å². The zero-order chi connectivity index (χ0) is 17.2. The Morgan fingerprint density at radius 2 is 1.83 bits per heavy atom. The summed E-state index contributed by atoms with van der Waals surface area (Å²) in [4.78, 5) is 13.3. The minimum Gasteiger partial charge on any atom is -0.468 e. The molecule has 0 spiro atoms. The summed E-state index contributed by atoms with van der Waals surface area (Å²) in [6.45, 7) is 5.56. The fraction of sp³-hybridized carbons (Fsp3) is 0.353. The molecule has 2 rings (SSSR count). The molecule has 0 saturated heterocycles. The molecular formula is C17H20BrNO4. The standard InChI is InChI=1S/C17H20BrNO4/c1-17(2,3)19(16(20)21)15(11-5-7-12(18)8-6-11)13-9-10-14(22-4)23-13/h5-10,15H,1-4H3,(H,20,21). The van der Waals surface area contributed by atoms with Gasteiger partial charge in [0.2, 0.25) is 0 Å². The lowest BCUT2D eigenvalue weighted by Crippen LogP contribution is -2.47. The third-order valence-corrected chi connectivity index (χ3v) is 3.97. The van der Waals surface area contributed by atoms with Crippen LogP contribution in [0.5, 0.6) is 5.95 Å². The highest BCUT2D eigenvalue weighted by molar-refractivity contribution is 9.10. The summed E-state index contributed by atoms with van der Waals surface area (Å²) in [6.07, 6.45) is -1.01. The second-order valence-corrected chi connectivity index (χ2v) is 7.05. The first-order valence-corrected chi connectivity index (χ1v) is 7.95. The summed E-state index contributed by atoms with van der Waals surface area (Å²) in [7, 11) is 1.51. The highest BCUT2D eigenvalue weighted by atomic mass is 79.9. The zero-order valence-electron chi connectivity index (χ0n) is 13.5. The summed E-state index contributed by atoms with van der Waals surface area (Å²) >= 11 is 3.40. The molecule has 0 fully saturated rings. The van der Waals surface area contributed by atoms with E-state index in [1.165, 1.54) is 12.0 Å². The third-order valence-electron chi connectivity index (χ3n) is 3.45. The van der Waals surface area contributed by atoms with Crippen LogP contribution in [0.1, 0.15) is 38.1 Å². The van der Waals surface area contributed by atoms with E-state index < -0.39 is 17.7 Å². The number of hydrogen-bond donors (Lipinski definition) is 1. The van der Waals surface area contributed by atoms with Gasteiger partial charge in [-0.05, 0) is 44.5 Å². The SMILES string of the molecule is COc1ccc(C(c2ccc(Br)cc2)N(C(=O)O)C(C)(C)C)o1. The molecule has 1 aromatic heterocycles. The first-order chi connectivity index (χ1) is 10.7. The van der Waals surface area contributed by atoms with Crippen LogP contribution in [0.25, 0.3) is 0 Å². The first-order valence-electron chi connectivity index (χ1n) is 7.15. The van der Waals surface area contributed by atoms with Crippen LogP contribution in [-0.2, 0) is 0 Å². The minimum absolute atomic E-state index is 0.348. The topological polar surface area (TPSA) is 62.9 Å². The molecule has 0 aliphatic heterocycles. The van der Waals surface area contributed by atoms with E-state index in [4.69, 9.17) is 9.15 Å². The third kappa shape index (κ3) is 3.88. The molecule has 0 aliphatic carbocycles. The number of halogens is 1. The molecule has 0 radical (unpaired) electrons. The van der Waals surface area contributed by atoms with Crippen LogP contribution >= 0.6 is 15.9 Å². The van der Waals surface area contributed by atoms with Crippen molar-refractivity contribution in [2.75, 3.05) is 7.11 Å². The molecule has 23 heavy (non-hydrogen) atoms. The van der Waals surface area contributed by atoms with Gasteiger partial charge in [0.25, 0.3) is 5.95 Å². The highest BCUT2D eigenvalue weighted by Crippen LogP contribution is 2.36. The number of carboxylic acid groups (broad SMARTS) is 1. The molecule has 1 N–H and O–H groups in total. The van der Waals surface area contributed by atoms with Crippen LogP contribution in [0.2, 0.25) is 0 Å². The monoisotopic (exact) mass is 381 g/mol. The number of rotatable bonds is 4. The Kier molecular flexibility index (Phi) is 5.04. The normalized spacial score (nSPS) is 12.7. The van der Waals surface area contributed by atoms with Crippen molar-refractivity contribution in [3.8, 4) is 5.95 Å². The Morgan fingerprint density at radius 3 is 2.26 bits per heavy atom. The maximum Gasteiger partial charge on any atom is 0.408 e. The molecule has 1 amide bonds. The number of nitrogens with zero attached hydrogens (tertiary/aromatic N) is 1. The molecular weight excluding hydrogens is 362 g/mol. The van der Waals surface area contributed by atoms with Crippen LogP contribution in [0.4, 0.5) is 4.79 Å².